The maximum Gasteiger partial charge on any atom is 0.326 e. The van der Waals surface area contributed by atoms with E-state index < -0.39 is 16.3 Å². The average Bonchev–Trinajstić information content (AvgIpc) is 3.17. The summed E-state index contributed by atoms with van der Waals surface area (Å²) in [5.41, 5.74) is -0.474. The van der Waals surface area contributed by atoms with Crippen LogP contribution in [0.3, 0.4) is 0 Å². The fourth-order valence-corrected chi connectivity index (χ4v) is 4.69. The highest BCUT2D eigenvalue weighted by molar-refractivity contribution is 7.85. The summed E-state index contributed by atoms with van der Waals surface area (Å²) in [6.07, 6.45) is 5.09. The van der Waals surface area contributed by atoms with Crippen LogP contribution in [-0.4, -0.2) is 63.9 Å². The quantitative estimate of drug-likeness (QED) is 0.756. The van der Waals surface area contributed by atoms with Crippen molar-refractivity contribution in [1.82, 2.24) is 10.2 Å². The molecule has 1 heterocycles. The second kappa shape index (κ2) is 6.34. The van der Waals surface area contributed by atoms with Crippen LogP contribution in [-0.2, 0) is 20.3 Å². The van der Waals surface area contributed by atoms with Crippen LogP contribution in [0.2, 0.25) is 0 Å². The molecule has 2 atom stereocenters. The van der Waals surface area contributed by atoms with Crippen LogP contribution in [0, 0.1) is 0 Å². The number of hydrogen-bond donors (Lipinski definition) is 1. The minimum absolute atomic E-state index is 0.0695. The molecule has 21 heavy (non-hydrogen) atoms. The van der Waals surface area contributed by atoms with E-state index in [9.17, 15) is 9.00 Å². The van der Waals surface area contributed by atoms with E-state index in [1.807, 2.05) is 6.92 Å². The first-order valence-corrected chi connectivity index (χ1v) is 9.66. The predicted octanol–water partition coefficient (Wildman–Crippen LogP) is 0.657. The third kappa shape index (κ3) is 3.48. The molecule has 1 aliphatic heterocycles. The van der Waals surface area contributed by atoms with Gasteiger partial charge in [-0.2, -0.15) is 0 Å². The van der Waals surface area contributed by atoms with Crippen molar-refractivity contribution >= 4 is 16.8 Å². The Morgan fingerprint density at radius 2 is 2.05 bits per heavy atom. The van der Waals surface area contributed by atoms with Gasteiger partial charge >= 0.3 is 5.97 Å². The highest BCUT2D eigenvalue weighted by Gasteiger charge is 2.50. The molecule has 1 N–H and O–H groups in total. The maximum atomic E-state index is 12.5. The fraction of sp³-hybridized carbons (Fsp3) is 0.933. The molecule has 3 rings (SSSR count). The molecule has 0 radical (unpaired) electrons. The third-order valence-corrected chi connectivity index (χ3v) is 6.22. The van der Waals surface area contributed by atoms with E-state index in [4.69, 9.17) is 4.74 Å². The van der Waals surface area contributed by atoms with Crippen molar-refractivity contribution in [3.63, 3.8) is 0 Å². The van der Waals surface area contributed by atoms with E-state index in [2.05, 4.69) is 10.2 Å². The highest BCUT2D eigenvalue weighted by atomic mass is 32.2. The fourth-order valence-electron chi connectivity index (χ4n) is 3.61. The first-order chi connectivity index (χ1) is 10.1. The topological polar surface area (TPSA) is 58.6 Å². The Bertz CT molecular complexity index is 417. The van der Waals surface area contributed by atoms with Crippen LogP contribution in [0.25, 0.3) is 0 Å². The van der Waals surface area contributed by atoms with Crippen LogP contribution in [0.4, 0.5) is 0 Å². The molecular weight excluding hydrogens is 288 g/mol. The Hall–Kier alpha value is -0.460. The molecule has 0 bridgehead atoms. The molecule has 3 aliphatic rings. The number of nitrogens with zero attached hydrogens (tertiary/aromatic N) is 1. The van der Waals surface area contributed by atoms with Crippen molar-refractivity contribution in [3.05, 3.63) is 0 Å². The summed E-state index contributed by atoms with van der Waals surface area (Å²) in [7, 11) is -0.640. The number of esters is 1. The van der Waals surface area contributed by atoms with Gasteiger partial charge in [0.05, 0.1) is 6.61 Å². The smallest absolute Gasteiger partial charge is 0.326 e. The molecule has 1 saturated heterocycles. The number of carbonyl (C=O) groups excluding carboxylic acids is 1. The van der Waals surface area contributed by atoms with Crippen molar-refractivity contribution in [1.29, 1.82) is 0 Å². The van der Waals surface area contributed by atoms with E-state index in [0.717, 1.165) is 43.9 Å². The average molecular weight is 314 g/mol. The zero-order valence-corrected chi connectivity index (χ0v) is 13.6. The van der Waals surface area contributed by atoms with Gasteiger partial charge in [0.15, 0.2) is 0 Å². The van der Waals surface area contributed by atoms with Crippen molar-refractivity contribution in [2.45, 2.75) is 56.7 Å². The van der Waals surface area contributed by atoms with Gasteiger partial charge in [0, 0.05) is 47.5 Å². The lowest BCUT2D eigenvalue weighted by Crippen LogP contribution is -2.53. The molecule has 0 amide bonds. The molecule has 3 fully saturated rings. The lowest BCUT2D eigenvalue weighted by molar-refractivity contribution is -0.151. The lowest BCUT2D eigenvalue weighted by atomic mass is 9.96. The first kappa shape index (κ1) is 15.4. The molecule has 0 spiro atoms. The molecule has 0 aromatic heterocycles. The standard InChI is InChI=1S/C15H26N2O3S/c1-2-20-14(18)15(16-12-3-4-12)6-5-13(11-15)17-7-9-21(19)10-8-17/h12-13,16H,2-11H2,1H3. The number of rotatable bonds is 5. The van der Waals surface area contributed by atoms with E-state index in [0.29, 0.717) is 18.7 Å². The summed E-state index contributed by atoms with van der Waals surface area (Å²) in [6, 6.07) is 0.931. The summed E-state index contributed by atoms with van der Waals surface area (Å²) in [5.74, 6) is 1.48. The summed E-state index contributed by atoms with van der Waals surface area (Å²) >= 11 is 0. The first-order valence-electron chi connectivity index (χ1n) is 8.17. The van der Waals surface area contributed by atoms with Gasteiger partial charge in [-0.3, -0.25) is 19.2 Å². The Morgan fingerprint density at radius 1 is 1.33 bits per heavy atom. The maximum absolute atomic E-state index is 12.5. The van der Waals surface area contributed by atoms with Crippen LogP contribution >= 0.6 is 0 Å². The number of ether oxygens (including phenoxy) is 1. The van der Waals surface area contributed by atoms with Crippen LogP contribution in [0.1, 0.15) is 39.0 Å². The van der Waals surface area contributed by atoms with Gasteiger partial charge in [0.1, 0.15) is 5.54 Å². The predicted molar refractivity (Wildman–Crippen MR) is 82.6 cm³/mol. The molecule has 2 unspecified atom stereocenters. The minimum atomic E-state index is -0.640. The van der Waals surface area contributed by atoms with Crippen molar-refractivity contribution < 1.29 is 13.7 Å². The van der Waals surface area contributed by atoms with Gasteiger partial charge in [0.25, 0.3) is 0 Å². The zero-order chi connectivity index (χ0) is 14.9. The summed E-state index contributed by atoms with van der Waals surface area (Å²) in [4.78, 5) is 14.9. The normalized spacial score (nSPS) is 35.0. The van der Waals surface area contributed by atoms with E-state index >= 15 is 0 Å². The molecule has 5 nitrogen and oxygen atoms in total. The van der Waals surface area contributed by atoms with Crippen LogP contribution in [0.15, 0.2) is 0 Å². The SMILES string of the molecule is CCOC(=O)C1(NC2CC2)CCC(N2CCS(=O)CC2)C1. The van der Waals surface area contributed by atoms with E-state index in [1.54, 1.807) is 0 Å². The van der Waals surface area contributed by atoms with Crippen molar-refractivity contribution in [2.75, 3.05) is 31.2 Å². The van der Waals surface area contributed by atoms with E-state index in [1.165, 1.54) is 12.8 Å². The Balaban J connectivity index is 1.65. The third-order valence-electron chi connectivity index (χ3n) is 4.94. The molecule has 2 saturated carbocycles. The monoisotopic (exact) mass is 314 g/mol. The highest BCUT2D eigenvalue weighted by Crippen LogP contribution is 2.37. The molecule has 120 valence electrons. The van der Waals surface area contributed by atoms with Crippen molar-refractivity contribution in [2.24, 2.45) is 0 Å². The number of carbonyl (C=O) groups is 1. The summed E-state index contributed by atoms with van der Waals surface area (Å²) in [6.45, 7) is 4.12. The molecular formula is C15H26N2O3S. The second-order valence-corrected chi connectivity index (χ2v) is 8.20. The van der Waals surface area contributed by atoms with Gasteiger partial charge in [0.2, 0.25) is 0 Å². The lowest BCUT2D eigenvalue weighted by Gasteiger charge is -2.34. The van der Waals surface area contributed by atoms with Gasteiger partial charge in [-0.25, -0.2) is 0 Å². The van der Waals surface area contributed by atoms with Crippen LogP contribution in [0.5, 0.6) is 0 Å². The van der Waals surface area contributed by atoms with Gasteiger partial charge in [-0.15, -0.1) is 0 Å². The minimum Gasteiger partial charge on any atom is -0.465 e. The van der Waals surface area contributed by atoms with Gasteiger partial charge in [-0.05, 0) is 39.0 Å². The Morgan fingerprint density at radius 3 is 2.67 bits per heavy atom. The van der Waals surface area contributed by atoms with E-state index in [-0.39, 0.29) is 5.97 Å². The summed E-state index contributed by atoms with van der Waals surface area (Å²) in [5, 5.41) is 3.57. The van der Waals surface area contributed by atoms with Gasteiger partial charge < -0.3 is 4.74 Å². The zero-order valence-electron chi connectivity index (χ0n) is 12.8. The Kier molecular flexibility index (Phi) is 4.66. The number of nitrogens with one attached hydrogen (secondary N) is 1. The second-order valence-electron chi connectivity index (χ2n) is 6.50. The Labute approximate surface area is 129 Å². The summed E-state index contributed by atoms with van der Waals surface area (Å²) < 4.78 is 16.8. The molecule has 2 aliphatic carbocycles. The molecule has 0 aromatic rings. The molecule has 6 heteroatoms. The van der Waals surface area contributed by atoms with Crippen LogP contribution < -0.4 is 5.32 Å². The largest absolute Gasteiger partial charge is 0.465 e. The number of hydrogen-bond acceptors (Lipinski definition) is 5. The van der Waals surface area contributed by atoms with Crippen molar-refractivity contribution in [3.8, 4) is 0 Å². The molecule has 0 aromatic carbocycles. The van der Waals surface area contributed by atoms with Gasteiger partial charge in [-0.1, -0.05) is 0 Å².